The fourth-order valence-corrected chi connectivity index (χ4v) is 3.03. The van der Waals surface area contributed by atoms with Crippen LogP contribution in [0.3, 0.4) is 0 Å². The average Bonchev–Trinajstić information content (AvgIpc) is 2.79. The first kappa shape index (κ1) is 39.8. The zero-order chi connectivity index (χ0) is 35.4. The zero-order valence-corrected chi connectivity index (χ0v) is 20.0. The van der Waals surface area contributed by atoms with Gasteiger partial charge in [-0.25, -0.2) is 8.78 Å². The Morgan fingerprint density at radius 2 is 0.932 bits per heavy atom. The second kappa shape index (κ2) is 11.6. The van der Waals surface area contributed by atoms with Gasteiger partial charge in [0.25, 0.3) is 0 Å². The Hall–Kier alpha value is -2.19. The zero-order valence-electron chi connectivity index (χ0n) is 20.0. The largest absolute Gasteiger partial charge is 0.462 e. The van der Waals surface area contributed by atoms with Crippen LogP contribution in [-0.4, -0.2) is 97.6 Å². The van der Waals surface area contributed by atoms with Crippen LogP contribution < -0.4 is 0 Å². The maximum absolute atomic E-state index is 15.2. The van der Waals surface area contributed by atoms with E-state index in [1.165, 1.54) is 0 Å². The van der Waals surface area contributed by atoms with Crippen molar-refractivity contribution >= 4 is 5.91 Å². The highest BCUT2D eigenvalue weighted by Crippen LogP contribution is 2.57. The van der Waals surface area contributed by atoms with E-state index < -0.39 is 110 Å². The molecule has 0 spiro atoms. The first-order chi connectivity index (χ1) is 19.0. The summed E-state index contributed by atoms with van der Waals surface area (Å²) >= 11 is 0. The van der Waals surface area contributed by atoms with Crippen molar-refractivity contribution in [2.45, 2.75) is 66.9 Å². The molecule has 27 heteroatoms. The van der Waals surface area contributed by atoms with Crippen LogP contribution in [-0.2, 0) is 19.0 Å². The van der Waals surface area contributed by atoms with Crippen molar-refractivity contribution in [2.24, 2.45) is 5.92 Å². The van der Waals surface area contributed by atoms with Crippen molar-refractivity contribution in [3.8, 4) is 0 Å². The topological polar surface area (TPSA) is 48.0 Å². The van der Waals surface area contributed by atoms with Crippen LogP contribution >= 0.6 is 0 Å². The number of hydrogen-bond donors (Lipinski definition) is 0. The van der Waals surface area contributed by atoms with Gasteiger partial charge in [0.05, 0.1) is 13.2 Å². The van der Waals surface area contributed by atoms with E-state index in [-0.39, 0.29) is 0 Å². The summed E-state index contributed by atoms with van der Waals surface area (Å²) in [5, 5.41) is 0. The molecule has 0 N–H and O–H groups in total. The Morgan fingerprint density at radius 1 is 0.568 bits per heavy atom. The van der Waals surface area contributed by atoms with Gasteiger partial charge in [-0.15, -0.1) is 0 Å². The van der Waals surface area contributed by atoms with Gasteiger partial charge >= 0.3 is 60.5 Å². The van der Waals surface area contributed by atoms with Gasteiger partial charge < -0.3 is 9.64 Å². The lowest BCUT2D eigenvalue weighted by Crippen LogP contribution is -2.66. The number of nitrogens with zero attached hydrogens (tertiary/aromatic N) is 1. The molecule has 1 amide bonds. The van der Waals surface area contributed by atoms with Crippen LogP contribution in [0.2, 0.25) is 0 Å². The highest BCUT2D eigenvalue weighted by atomic mass is 19.4. The van der Waals surface area contributed by atoms with Crippen molar-refractivity contribution in [3.05, 3.63) is 0 Å². The number of carbonyl (C=O) groups excluding carboxylic acids is 1. The number of halogens is 22. The minimum Gasteiger partial charge on any atom is -0.378 e. The lowest BCUT2D eigenvalue weighted by atomic mass is 9.89. The molecule has 3 unspecified atom stereocenters. The molecule has 1 fully saturated rings. The van der Waals surface area contributed by atoms with Gasteiger partial charge in [0.15, 0.2) is 0 Å². The molecule has 0 saturated carbocycles. The van der Waals surface area contributed by atoms with Crippen molar-refractivity contribution in [3.63, 3.8) is 0 Å². The molecule has 1 saturated heterocycles. The van der Waals surface area contributed by atoms with E-state index in [2.05, 4.69) is 4.74 Å². The summed E-state index contributed by atoms with van der Waals surface area (Å²) in [6.07, 6.45) is -50.9. The molecule has 3 atom stereocenters. The number of carbonyl (C=O) groups is 1. The predicted octanol–water partition coefficient (Wildman–Crippen LogP) is 6.92. The highest BCUT2D eigenvalue weighted by molar-refractivity contribution is 5.80. The molecule has 0 aliphatic carbocycles. The monoisotopic (exact) mass is 711 g/mol. The van der Waals surface area contributed by atoms with E-state index in [4.69, 9.17) is 0 Å². The number of hydrogen-bond acceptors (Lipinski definition) is 4. The van der Waals surface area contributed by atoms with Gasteiger partial charge in [0.1, 0.15) is 5.92 Å². The van der Waals surface area contributed by atoms with Gasteiger partial charge in [-0.2, -0.15) is 87.8 Å². The Kier molecular flexibility index (Phi) is 10.5. The molecule has 0 aromatic heterocycles. The van der Waals surface area contributed by atoms with E-state index in [1.54, 1.807) is 0 Å². The molecule has 1 aliphatic rings. The summed E-state index contributed by atoms with van der Waals surface area (Å²) in [5.41, 5.74) is 0. The second-order valence-corrected chi connectivity index (χ2v) is 8.45. The smallest absolute Gasteiger partial charge is 0.378 e. The summed E-state index contributed by atoms with van der Waals surface area (Å²) in [5.74, 6) is -39.1. The maximum Gasteiger partial charge on any atom is 0.462 e. The first-order valence-electron chi connectivity index (χ1n) is 10.5. The molecule has 1 rings (SSSR count). The third-order valence-corrected chi connectivity index (χ3v) is 5.36. The highest BCUT2D eigenvalue weighted by Gasteiger charge is 2.82. The van der Waals surface area contributed by atoms with Crippen LogP contribution in [0.5, 0.6) is 0 Å². The molecule has 1 aliphatic heterocycles. The summed E-state index contributed by atoms with van der Waals surface area (Å²) < 4.78 is 301. The van der Waals surface area contributed by atoms with Gasteiger partial charge in [0, 0.05) is 19.5 Å². The lowest BCUT2D eigenvalue weighted by molar-refractivity contribution is -0.500. The van der Waals surface area contributed by atoms with Crippen LogP contribution in [0.25, 0.3) is 0 Å². The molecule has 0 aromatic rings. The normalized spacial score (nSPS) is 20.6. The van der Waals surface area contributed by atoms with Crippen LogP contribution in [0.1, 0.15) is 6.42 Å². The Labute approximate surface area is 226 Å². The number of rotatable bonds is 10. The Balaban J connectivity index is 4.01. The fourth-order valence-electron chi connectivity index (χ4n) is 3.03. The number of morpholine rings is 1. The van der Waals surface area contributed by atoms with E-state index in [0.29, 0.717) is 0 Å². The molecule has 1 heterocycles. The molecular formula is C17H11F22NO4. The predicted molar refractivity (Wildman–Crippen MR) is 89.4 cm³/mol. The summed E-state index contributed by atoms with van der Waals surface area (Å²) in [7, 11) is 0. The van der Waals surface area contributed by atoms with E-state index >= 15 is 4.39 Å². The summed E-state index contributed by atoms with van der Waals surface area (Å²) in [6, 6.07) is 0. The van der Waals surface area contributed by atoms with Crippen LogP contribution in [0.15, 0.2) is 0 Å². The first-order valence-corrected chi connectivity index (χ1v) is 10.5. The number of ether oxygens (including phenoxy) is 3. The third-order valence-electron chi connectivity index (χ3n) is 5.36. The minimum absolute atomic E-state index is 0.434. The molecular weight excluding hydrogens is 700 g/mol. The number of amides is 1. The van der Waals surface area contributed by atoms with Gasteiger partial charge in [-0.3, -0.25) is 14.3 Å². The second-order valence-electron chi connectivity index (χ2n) is 8.45. The molecule has 0 bridgehead atoms. The van der Waals surface area contributed by atoms with Gasteiger partial charge in [-0.05, 0) is 0 Å². The standard InChI is InChI=1S/C17H11F22NO4/c18-8(12(24,25)26,43-16(36,37)10(20,21)14(30,31)32)5-6(7(41)40-1-3-42-4-2-40)9(19,13(27,28)29)44-17(38,39)11(22,23)15(33,34)35/h6H,1-5H2. The fraction of sp³-hybridized carbons (Fsp3) is 0.941. The van der Waals surface area contributed by atoms with Crippen molar-refractivity contribution in [1.82, 2.24) is 4.90 Å². The molecule has 0 radical (unpaired) electrons. The molecule has 44 heavy (non-hydrogen) atoms. The van der Waals surface area contributed by atoms with Crippen molar-refractivity contribution in [2.75, 3.05) is 26.3 Å². The molecule has 262 valence electrons. The lowest BCUT2D eigenvalue weighted by Gasteiger charge is -2.43. The van der Waals surface area contributed by atoms with Crippen molar-refractivity contribution < 1.29 is 116 Å². The summed E-state index contributed by atoms with van der Waals surface area (Å²) in [4.78, 5) is 12.1. The van der Waals surface area contributed by atoms with E-state index in [0.717, 1.165) is 0 Å². The quantitative estimate of drug-likeness (QED) is 0.231. The van der Waals surface area contributed by atoms with Crippen LogP contribution in [0, 0.1) is 5.92 Å². The van der Waals surface area contributed by atoms with Crippen molar-refractivity contribution in [1.29, 1.82) is 0 Å². The van der Waals surface area contributed by atoms with E-state index in [1.807, 2.05) is 9.47 Å². The minimum atomic E-state index is -7.93. The molecule has 5 nitrogen and oxygen atoms in total. The van der Waals surface area contributed by atoms with Gasteiger partial charge in [0.2, 0.25) is 5.91 Å². The summed E-state index contributed by atoms with van der Waals surface area (Å²) in [6.45, 7) is -4.38. The Morgan fingerprint density at radius 3 is 1.25 bits per heavy atom. The average molecular weight is 711 g/mol. The van der Waals surface area contributed by atoms with Gasteiger partial charge in [-0.1, -0.05) is 0 Å². The van der Waals surface area contributed by atoms with Crippen LogP contribution in [0.4, 0.5) is 96.6 Å². The Bertz CT molecular complexity index is 1010. The maximum atomic E-state index is 15.2. The molecule has 0 aromatic carbocycles. The third kappa shape index (κ3) is 7.27. The number of alkyl halides is 22. The SMILES string of the molecule is O=C(C(CC(F)(OC(F)(F)C(F)(F)C(F)(F)F)C(F)(F)F)C(F)(OC(F)(F)C(F)(F)C(F)(F)F)C(F)(F)F)N1CCOCC1. The van der Waals surface area contributed by atoms with E-state index in [9.17, 15) is 97.0 Å².